The van der Waals surface area contributed by atoms with Gasteiger partial charge in [0.15, 0.2) is 17.3 Å². The monoisotopic (exact) mass is 403 g/mol. The summed E-state index contributed by atoms with van der Waals surface area (Å²) in [6.45, 7) is 2.22. The largest absolute Gasteiger partial charge is 0.493 e. The highest BCUT2D eigenvalue weighted by Crippen LogP contribution is 2.29. The van der Waals surface area contributed by atoms with Crippen molar-refractivity contribution in [3.05, 3.63) is 105 Å². The Labute approximate surface area is 174 Å². The molecule has 3 aromatic carbocycles. The van der Waals surface area contributed by atoms with Crippen LogP contribution in [0.5, 0.6) is 11.5 Å². The Morgan fingerprint density at radius 3 is 2.33 bits per heavy atom. The smallest absolute Gasteiger partial charge is 0.269 e. The van der Waals surface area contributed by atoms with Gasteiger partial charge < -0.3 is 9.47 Å². The quantitative estimate of drug-likeness (QED) is 0.218. The van der Waals surface area contributed by atoms with Gasteiger partial charge in [0, 0.05) is 17.7 Å². The van der Waals surface area contributed by atoms with Crippen molar-refractivity contribution in [3.8, 4) is 11.5 Å². The Morgan fingerprint density at radius 1 is 1.00 bits per heavy atom. The molecule has 0 N–H and O–H groups in total. The maximum absolute atomic E-state index is 12.3. The zero-order valence-corrected chi connectivity index (χ0v) is 16.7. The van der Waals surface area contributed by atoms with Crippen LogP contribution >= 0.6 is 0 Å². The third-order valence-corrected chi connectivity index (χ3v) is 4.49. The van der Waals surface area contributed by atoms with E-state index in [0.717, 1.165) is 16.7 Å². The van der Waals surface area contributed by atoms with E-state index < -0.39 is 4.92 Å². The van der Waals surface area contributed by atoms with Crippen LogP contribution in [-0.4, -0.2) is 17.8 Å². The molecule has 0 aliphatic rings. The molecule has 0 spiro atoms. The maximum Gasteiger partial charge on any atom is 0.269 e. The minimum absolute atomic E-state index is 0.0349. The molecule has 0 amide bonds. The van der Waals surface area contributed by atoms with E-state index in [2.05, 4.69) is 0 Å². The van der Waals surface area contributed by atoms with Crippen LogP contribution in [0, 0.1) is 17.0 Å². The van der Waals surface area contributed by atoms with Crippen LogP contribution in [0.1, 0.15) is 27.0 Å². The molecule has 6 heteroatoms. The van der Waals surface area contributed by atoms with Crippen molar-refractivity contribution in [1.82, 2.24) is 0 Å². The van der Waals surface area contributed by atoms with Crippen LogP contribution < -0.4 is 9.47 Å². The summed E-state index contributed by atoms with van der Waals surface area (Å²) >= 11 is 0. The lowest BCUT2D eigenvalue weighted by molar-refractivity contribution is -0.384. The highest BCUT2D eigenvalue weighted by Gasteiger charge is 2.08. The molecule has 0 saturated heterocycles. The number of ether oxygens (including phenoxy) is 2. The van der Waals surface area contributed by atoms with E-state index in [4.69, 9.17) is 9.47 Å². The van der Waals surface area contributed by atoms with Crippen molar-refractivity contribution in [1.29, 1.82) is 0 Å². The molecule has 0 heterocycles. The van der Waals surface area contributed by atoms with Gasteiger partial charge in [-0.1, -0.05) is 42.0 Å². The lowest BCUT2D eigenvalue weighted by atomic mass is 10.1. The first-order valence-corrected chi connectivity index (χ1v) is 9.29. The van der Waals surface area contributed by atoms with E-state index in [0.29, 0.717) is 17.1 Å². The summed E-state index contributed by atoms with van der Waals surface area (Å²) in [5, 5.41) is 10.7. The van der Waals surface area contributed by atoms with Gasteiger partial charge in [0.25, 0.3) is 5.69 Å². The first kappa shape index (κ1) is 20.8. The van der Waals surface area contributed by atoms with Crippen LogP contribution in [0.25, 0.3) is 6.08 Å². The lowest BCUT2D eigenvalue weighted by Crippen LogP contribution is -1.98. The fourth-order valence-electron chi connectivity index (χ4n) is 2.77. The Morgan fingerprint density at radius 2 is 1.70 bits per heavy atom. The maximum atomic E-state index is 12.3. The molecule has 3 aromatic rings. The number of carbonyl (C=O) groups excluding carboxylic acids is 1. The number of nitrogens with zero attached hydrogens (tertiary/aromatic N) is 1. The van der Waals surface area contributed by atoms with Crippen molar-refractivity contribution in [2.24, 2.45) is 0 Å². The summed E-state index contributed by atoms with van der Waals surface area (Å²) < 4.78 is 11.2. The number of non-ortho nitro benzene ring substituents is 1. The fourth-order valence-corrected chi connectivity index (χ4v) is 2.77. The number of nitro benzene ring substituents is 1. The molecule has 152 valence electrons. The minimum Gasteiger partial charge on any atom is -0.493 e. The molecule has 3 rings (SSSR count). The second-order valence-corrected chi connectivity index (χ2v) is 6.69. The van der Waals surface area contributed by atoms with Gasteiger partial charge in [-0.2, -0.15) is 0 Å². The van der Waals surface area contributed by atoms with E-state index in [1.54, 1.807) is 49.6 Å². The highest BCUT2D eigenvalue weighted by atomic mass is 16.6. The van der Waals surface area contributed by atoms with E-state index in [1.807, 2.05) is 25.1 Å². The van der Waals surface area contributed by atoms with E-state index in [9.17, 15) is 14.9 Å². The number of aryl methyl sites for hydroxylation is 1. The van der Waals surface area contributed by atoms with Crippen molar-refractivity contribution in [3.63, 3.8) is 0 Å². The number of hydrogen-bond donors (Lipinski definition) is 0. The summed E-state index contributed by atoms with van der Waals surface area (Å²) in [4.78, 5) is 22.6. The molecule has 0 saturated carbocycles. The Balaban J connectivity index is 1.67. The summed E-state index contributed by atoms with van der Waals surface area (Å²) in [6.07, 6.45) is 3.25. The van der Waals surface area contributed by atoms with E-state index in [1.165, 1.54) is 18.2 Å². The first-order chi connectivity index (χ1) is 14.5. The van der Waals surface area contributed by atoms with Crippen molar-refractivity contribution < 1.29 is 19.2 Å². The van der Waals surface area contributed by atoms with Crippen LogP contribution in [0.2, 0.25) is 0 Å². The van der Waals surface area contributed by atoms with Gasteiger partial charge in [0.1, 0.15) is 6.61 Å². The molecule has 0 bridgehead atoms. The van der Waals surface area contributed by atoms with Crippen molar-refractivity contribution in [2.45, 2.75) is 13.5 Å². The number of nitro groups is 1. The Hall–Kier alpha value is -3.93. The topological polar surface area (TPSA) is 78.7 Å². The van der Waals surface area contributed by atoms with Gasteiger partial charge in [-0.25, -0.2) is 0 Å². The van der Waals surface area contributed by atoms with Gasteiger partial charge in [0.2, 0.25) is 0 Å². The van der Waals surface area contributed by atoms with Crippen LogP contribution in [0.15, 0.2) is 72.8 Å². The third-order valence-electron chi connectivity index (χ3n) is 4.49. The number of benzene rings is 3. The van der Waals surface area contributed by atoms with E-state index >= 15 is 0 Å². The highest BCUT2D eigenvalue weighted by molar-refractivity contribution is 6.06. The minimum atomic E-state index is -0.441. The van der Waals surface area contributed by atoms with E-state index in [-0.39, 0.29) is 18.1 Å². The van der Waals surface area contributed by atoms with Gasteiger partial charge >= 0.3 is 0 Å². The summed E-state index contributed by atoms with van der Waals surface area (Å²) in [5.74, 6) is 0.993. The molecule has 30 heavy (non-hydrogen) atoms. The molecule has 0 unspecified atom stereocenters. The predicted octanol–water partition coefficient (Wildman–Crippen LogP) is 5.39. The van der Waals surface area contributed by atoms with Gasteiger partial charge in [-0.3, -0.25) is 14.9 Å². The normalized spacial score (nSPS) is 10.7. The molecule has 0 aliphatic carbocycles. The zero-order valence-electron chi connectivity index (χ0n) is 16.7. The molecular formula is C24H21NO5. The summed E-state index contributed by atoms with van der Waals surface area (Å²) in [5.41, 5.74) is 3.37. The molecule has 0 aliphatic heterocycles. The molecule has 0 atom stereocenters. The van der Waals surface area contributed by atoms with Crippen LogP contribution in [0.4, 0.5) is 5.69 Å². The Bertz CT molecular complexity index is 1070. The van der Waals surface area contributed by atoms with Crippen molar-refractivity contribution >= 4 is 17.5 Å². The number of ketones is 1. The van der Waals surface area contributed by atoms with Crippen molar-refractivity contribution in [2.75, 3.05) is 7.11 Å². The van der Waals surface area contributed by atoms with Gasteiger partial charge in [-0.15, -0.1) is 0 Å². The zero-order chi connectivity index (χ0) is 21.5. The number of methoxy groups -OCH3 is 1. The average Bonchev–Trinajstić information content (AvgIpc) is 2.77. The van der Waals surface area contributed by atoms with Gasteiger partial charge in [0.05, 0.1) is 12.0 Å². The Kier molecular flexibility index (Phi) is 6.60. The molecule has 6 nitrogen and oxygen atoms in total. The predicted molar refractivity (Wildman–Crippen MR) is 115 cm³/mol. The SMILES string of the molecule is COc1cc(/C=C/C(=O)c2ccc(C)cc2)ccc1OCc1ccc([N+](=O)[O-])cc1. The van der Waals surface area contributed by atoms with Gasteiger partial charge in [-0.05, 0) is 48.4 Å². The molecule has 0 fully saturated rings. The number of carbonyl (C=O) groups is 1. The first-order valence-electron chi connectivity index (χ1n) is 9.29. The standard InChI is InChI=1S/C24H21NO5/c1-17-3-9-20(10-4-17)22(26)13-7-18-8-14-23(24(15-18)29-2)30-16-19-5-11-21(12-6-19)25(27)28/h3-15H,16H2,1-2H3/b13-7+. The number of allylic oxidation sites excluding steroid dienone is 1. The van der Waals surface area contributed by atoms with Crippen LogP contribution in [0.3, 0.4) is 0 Å². The molecule has 0 aromatic heterocycles. The fraction of sp³-hybridized carbons (Fsp3) is 0.125. The summed E-state index contributed by atoms with van der Waals surface area (Å²) in [7, 11) is 1.54. The second kappa shape index (κ2) is 9.52. The number of rotatable bonds is 8. The third kappa shape index (κ3) is 5.32. The summed E-state index contributed by atoms with van der Waals surface area (Å²) in [6, 6.07) is 19.0. The average molecular weight is 403 g/mol. The second-order valence-electron chi connectivity index (χ2n) is 6.69. The lowest BCUT2D eigenvalue weighted by Gasteiger charge is -2.11. The number of hydrogen-bond acceptors (Lipinski definition) is 5. The molecule has 0 radical (unpaired) electrons. The molecular weight excluding hydrogens is 382 g/mol. The van der Waals surface area contributed by atoms with Crippen LogP contribution in [-0.2, 0) is 6.61 Å².